The Morgan fingerprint density at radius 2 is 1.78 bits per heavy atom. The predicted octanol–water partition coefficient (Wildman–Crippen LogP) is 3.54. The minimum absolute atomic E-state index is 0.122. The van der Waals surface area contributed by atoms with Crippen molar-refractivity contribution in [2.45, 2.75) is 37.3 Å². The van der Waals surface area contributed by atoms with Gasteiger partial charge in [0.05, 0.1) is 11.3 Å². The normalized spacial score (nSPS) is 17.1. The molecule has 0 aliphatic carbocycles. The van der Waals surface area contributed by atoms with Crippen LogP contribution < -0.4 is 0 Å². The lowest BCUT2D eigenvalue weighted by molar-refractivity contribution is -0.148. The largest absolute Gasteiger partial charge is 0.390 e. The number of carbonyl (C=O) groups excluding carboxylic acids is 1. The van der Waals surface area contributed by atoms with Crippen molar-refractivity contribution in [3.63, 3.8) is 0 Å². The molecule has 0 saturated carbocycles. The minimum Gasteiger partial charge on any atom is -0.342 e. The fourth-order valence-corrected chi connectivity index (χ4v) is 4.64. The highest BCUT2D eigenvalue weighted by atomic mass is 35.5. The van der Waals surface area contributed by atoms with Gasteiger partial charge in [-0.15, -0.1) is 0 Å². The smallest absolute Gasteiger partial charge is 0.342 e. The van der Waals surface area contributed by atoms with Crippen LogP contribution >= 0.6 is 11.6 Å². The number of carbonyl (C=O) groups is 1. The van der Waals surface area contributed by atoms with Gasteiger partial charge in [0.1, 0.15) is 0 Å². The van der Waals surface area contributed by atoms with Crippen LogP contribution in [0.15, 0.2) is 29.2 Å². The molecule has 1 amide bonds. The maximum atomic E-state index is 12.6. The average Bonchev–Trinajstić information content (AvgIpc) is 2.61. The summed E-state index contributed by atoms with van der Waals surface area (Å²) in [5.74, 6) is -0.805. The van der Waals surface area contributed by atoms with Gasteiger partial charge in [0.2, 0.25) is 15.9 Å². The first-order valence-corrected chi connectivity index (χ1v) is 10.5. The maximum absolute atomic E-state index is 12.6. The summed E-state index contributed by atoms with van der Waals surface area (Å²) < 4.78 is 63.8. The topological polar surface area (TPSA) is 57.7 Å². The lowest BCUT2D eigenvalue weighted by Crippen LogP contribution is -2.45. The van der Waals surface area contributed by atoms with Gasteiger partial charge < -0.3 is 4.90 Å². The summed E-state index contributed by atoms with van der Waals surface area (Å²) in [5, 5.41) is 0.428. The van der Waals surface area contributed by atoms with Crippen LogP contribution in [0.2, 0.25) is 5.02 Å². The number of piperidine rings is 1. The highest BCUT2D eigenvalue weighted by Gasteiger charge is 2.35. The first-order valence-electron chi connectivity index (χ1n) is 8.66. The Morgan fingerprint density at radius 1 is 1.22 bits per heavy atom. The lowest BCUT2D eigenvalue weighted by Gasteiger charge is -2.33. The molecule has 0 N–H and O–H groups in total. The van der Waals surface area contributed by atoms with Gasteiger partial charge in [0.15, 0.2) is 0 Å². The van der Waals surface area contributed by atoms with Gasteiger partial charge in [0, 0.05) is 37.1 Å². The number of hydrogen-bond donors (Lipinski definition) is 0. The van der Waals surface area contributed by atoms with E-state index in [4.69, 9.17) is 11.6 Å². The summed E-state index contributed by atoms with van der Waals surface area (Å²) in [6.07, 6.45) is -4.79. The first kappa shape index (κ1) is 22.0. The van der Waals surface area contributed by atoms with Crippen LogP contribution in [0.1, 0.15) is 26.2 Å². The molecule has 1 fully saturated rings. The molecule has 0 unspecified atom stereocenters. The third-order valence-electron chi connectivity index (χ3n) is 4.61. The number of hydrogen-bond acceptors (Lipinski definition) is 3. The van der Waals surface area contributed by atoms with Crippen molar-refractivity contribution < 1.29 is 26.4 Å². The van der Waals surface area contributed by atoms with Crippen LogP contribution in [-0.2, 0) is 14.8 Å². The van der Waals surface area contributed by atoms with Gasteiger partial charge in [0.25, 0.3) is 0 Å². The zero-order chi connectivity index (χ0) is 20.2. The number of benzene rings is 1. The highest BCUT2D eigenvalue weighted by Crippen LogP contribution is 2.27. The number of rotatable bonds is 6. The molecule has 5 nitrogen and oxygen atoms in total. The standard InChI is InChI=1S/C17H22ClF3N2O3S/c1-2-22(12-9-17(19,20)21)16(24)13-7-10-23(11-8-13)27(25,26)15-5-3-14(18)4-6-15/h3-6,13H,2,7-12H2,1H3. The SMILES string of the molecule is CCN(CCC(F)(F)F)C(=O)C1CCN(S(=O)(=O)c2ccc(Cl)cc2)CC1. The lowest BCUT2D eigenvalue weighted by atomic mass is 9.96. The van der Waals surface area contributed by atoms with Crippen molar-refractivity contribution in [1.82, 2.24) is 9.21 Å². The molecule has 1 saturated heterocycles. The Morgan fingerprint density at radius 3 is 2.26 bits per heavy atom. The molecule has 0 aromatic heterocycles. The van der Waals surface area contributed by atoms with Crippen molar-refractivity contribution >= 4 is 27.5 Å². The molecule has 152 valence electrons. The Labute approximate surface area is 162 Å². The molecule has 0 radical (unpaired) electrons. The molecule has 10 heteroatoms. The Kier molecular flexibility index (Phi) is 7.15. The summed E-state index contributed by atoms with van der Waals surface area (Å²) in [6, 6.07) is 5.82. The molecule has 1 aromatic rings. The monoisotopic (exact) mass is 426 g/mol. The van der Waals surface area contributed by atoms with Crippen LogP contribution in [0.3, 0.4) is 0 Å². The summed E-state index contributed by atoms with van der Waals surface area (Å²) >= 11 is 5.78. The van der Waals surface area contributed by atoms with E-state index in [2.05, 4.69) is 0 Å². The third kappa shape index (κ3) is 5.83. The van der Waals surface area contributed by atoms with Crippen LogP contribution in [0.25, 0.3) is 0 Å². The molecule has 2 rings (SSSR count). The summed E-state index contributed by atoms with van der Waals surface area (Å²) in [4.78, 5) is 13.8. The Balaban J connectivity index is 1.97. The number of halogens is 4. The average molecular weight is 427 g/mol. The molecular weight excluding hydrogens is 405 g/mol. The van der Waals surface area contributed by atoms with Crippen molar-refractivity contribution in [3.8, 4) is 0 Å². The van der Waals surface area contributed by atoms with Crippen molar-refractivity contribution in [2.24, 2.45) is 5.92 Å². The summed E-state index contributed by atoms with van der Waals surface area (Å²) in [7, 11) is -3.68. The van der Waals surface area contributed by atoms with Gasteiger partial charge >= 0.3 is 6.18 Å². The maximum Gasteiger partial charge on any atom is 0.390 e. The molecule has 27 heavy (non-hydrogen) atoms. The van der Waals surface area contributed by atoms with E-state index in [-0.39, 0.29) is 49.8 Å². The zero-order valence-electron chi connectivity index (χ0n) is 14.9. The number of sulfonamides is 1. The van der Waals surface area contributed by atoms with E-state index in [9.17, 15) is 26.4 Å². The van der Waals surface area contributed by atoms with Gasteiger partial charge in [-0.3, -0.25) is 4.79 Å². The van der Waals surface area contributed by atoms with Crippen molar-refractivity contribution in [1.29, 1.82) is 0 Å². The van der Waals surface area contributed by atoms with Crippen LogP contribution in [-0.4, -0.2) is 55.9 Å². The van der Waals surface area contributed by atoms with Gasteiger partial charge in [-0.05, 0) is 44.0 Å². The quantitative estimate of drug-likeness (QED) is 0.699. The fraction of sp³-hybridized carbons (Fsp3) is 0.588. The number of amides is 1. The van der Waals surface area contributed by atoms with E-state index < -0.39 is 28.5 Å². The van der Waals surface area contributed by atoms with E-state index in [1.54, 1.807) is 6.92 Å². The van der Waals surface area contributed by atoms with Gasteiger partial charge in [-0.25, -0.2) is 8.42 Å². The van der Waals surface area contributed by atoms with E-state index in [1.807, 2.05) is 0 Å². The molecule has 0 spiro atoms. The van der Waals surface area contributed by atoms with Crippen LogP contribution in [0.5, 0.6) is 0 Å². The van der Waals surface area contributed by atoms with Gasteiger partial charge in [-0.1, -0.05) is 11.6 Å². The molecule has 1 aliphatic rings. The van der Waals surface area contributed by atoms with E-state index >= 15 is 0 Å². The van der Waals surface area contributed by atoms with E-state index in [0.717, 1.165) is 0 Å². The Bertz CT molecular complexity index is 746. The van der Waals surface area contributed by atoms with Crippen molar-refractivity contribution in [3.05, 3.63) is 29.3 Å². The fourth-order valence-electron chi connectivity index (χ4n) is 3.04. The van der Waals surface area contributed by atoms with E-state index in [1.165, 1.54) is 33.5 Å². The molecule has 1 aromatic carbocycles. The van der Waals surface area contributed by atoms with E-state index in [0.29, 0.717) is 5.02 Å². The second-order valence-corrected chi connectivity index (χ2v) is 8.79. The molecular formula is C17H22ClF3N2O3S. The third-order valence-corrected chi connectivity index (χ3v) is 6.78. The highest BCUT2D eigenvalue weighted by molar-refractivity contribution is 7.89. The van der Waals surface area contributed by atoms with Gasteiger partial charge in [-0.2, -0.15) is 17.5 Å². The first-order chi connectivity index (χ1) is 12.5. The molecule has 1 heterocycles. The predicted molar refractivity (Wildman–Crippen MR) is 95.9 cm³/mol. The second-order valence-electron chi connectivity index (χ2n) is 6.42. The second kappa shape index (κ2) is 8.79. The zero-order valence-corrected chi connectivity index (χ0v) is 16.4. The summed E-state index contributed by atoms with van der Waals surface area (Å²) in [5.41, 5.74) is 0. The van der Waals surface area contributed by atoms with Crippen LogP contribution in [0.4, 0.5) is 13.2 Å². The number of nitrogens with zero attached hydrogens (tertiary/aromatic N) is 2. The number of alkyl halides is 3. The van der Waals surface area contributed by atoms with Crippen LogP contribution in [0, 0.1) is 5.92 Å². The minimum atomic E-state index is -4.32. The Hall–Kier alpha value is -1.32. The molecule has 0 atom stereocenters. The molecule has 0 bridgehead atoms. The summed E-state index contributed by atoms with van der Waals surface area (Å²) in [6.45, 7) is 1.76. The van der Waals surface area contributed by atoms with Crippen molar-refractivity contribution in [2.75, 3.05) is 26.2 Å². The molecule has 1 aliphatic heterocycles.